The maximum Gasteiger partial charge on any atom is 1.00 e. The molecular formula is C16H19KO3S. The summed E-state index contributed by atoms with van der Waals surface area (Å²) >= 11 is 0. The Hall–Kier alpha value is 0.246. The quantitative estimate of drug-likeness (QED) is 0.597. The largest absolute Gasteiger partial charge is 1.00 e. The van der Waals surface area contributed by atoms with Crippen molar-refractivity contribution in [3.63, 3.8) is 0 Å². The minimum atomic E-state index is -4.47. The van der Waals surface area contributed by atoms with Gasteiger partial charge in [0.1, 0.15) is 10.1 Å². The Morgan fingerprint density at radius 3 is 2.14 bits per heavy atom. The van der Waals surface area contributed by atoms with Crippen LogP contribution in [0.1, 0.15) is 37.8 Å². The van der Waals surface area contributed by atoms with Crippen LogP contribution in [-0.4, -0.2) is 13.0 Å². The fourth-order valence-electron chi connectivity index (χ4n) is 2.69. The number of hydrogen-bond acceptors (Lipinski definition) is 3. The molecule has 0 aliphatic carbocycles. The van der Waals surface area contributed by atoms with E-state index in [4.69, 9.17) is 0 Å². The van der Waals surface area contributed by atoms with Crippen LogP contribution in [-0.2, 0) is 23.0 Å². The molecule has 0 spiro atoms. The minimum absolute atomic E-state index is 0. The monoisotopic (exact) mass is 330 g/mol. The van der Waals surface area contributed by atoms with Gasteiger partial charge in [0.25, 0.3) is 0 Å². The maximum atomic E-state index is 11.7. The molecule has 0 saturated carbocycles. The summed E-state index contributed by atoms with van der Waals surface area (Å²) in [6.07, 6.45) is 3.10. The van der Waals surface area contributed by atoms with Crippen LogP contribution in [0.2, 0.25) is 0 Å². The van der Waals surface area contributed by atoms with Crippen molar-refractivity contribution < 1.29 is 64.4 Å². The van der Waals surface area contributed by atoms with Gasteiger partial charge >= 0.3 is 51.4 Å². The van der Waals surface area contributed by atoms with Gasteiger partial charge in [0.05, 0.1) is 4.90 Å². The van der Waals surface area contributed by atoms with Gasteiger partial charge in [0, 0.05) is 5.39 Å². The van der Waals surface area contributed by atoms with E-state index in [9.17, 15) is 13.0 Å². The second-order valence-corrected chi connectivity index (χ2v) is 6.34. The second-order valence-electron chi connectivity index (χ2n) is 5.02. The molecule has 0 aromatic heterocycles. The van der Waals surface area contributed by atoms with Crippen molar-refractivity contribution in [1.82, 2.24) is 0 Å². The topological polar surface area (TPSA) is 57.2 Å². The molecule has 0 aliphatic heterocycles. The zero-order valence-corrected chi connectivity index (χ0v) is 16.8. The van der Waals surface area contributed by atoms with E-state index in [0.29, 0.717) is 17.4 Å². The van der Waals surface area contributed by atoms with Gasteiger partial charge in [0.15, 0.2) is 0 Å². The Morgan fingerprint density at radius 2 is 1.57 bits per heavy atom. The summed E-state index contributed by atoms with van der Waals surface area (Å²) in [5, 5.41) is 1.44. The average molecular weight is 330 g/mol. The van der Waals surface area contributed by atoms with Gasteiger partial charge in [-0.05, 0) is 29.4 Å². The van der Waals surface area contributed by atoms with Crippen molar-refractivity contribution in [3.05, 3.63) is 41.5 Å². The molecule has 0 saturated heterocycles. The van der Waals surface area contributed by atoms with E-state index in [2.05, 4.69) is 0 Å². The molecular weight excluding hydrogens is 311 g/mol. The summed E-state index contributed by atoms with van der Waals surface area (Å²) in [6, 6.07) is 9.36. The van der Waals surface area contributed by atoms with E-state index < -0.39 is 10.1 Å². The van der Waals surface area contributed by atoms with Gasteiger partial charge < -0.3 is 4.55 Å². The Balaban J connectivity index is 0.00000220. The maximum absolute atomic E-state index is 11.7. The molecule has 0 fully saturated rings. The molecule has 0 atom stereocenters. The van der Waals surface area contributed by atoms with Crippen molar-refractivity contribution in [2.45, 2.75) is 44.4 Å². The zero-order valence-electron chi connectivity index (χ0n) is 12.8. The predicted molar refractivity (Wildman–Crippen MR) is 79.9 cm³/mol. The standard InChI is InChI=1S/C16H20O3S.K/c1-3-6-12-8-5-9-13-10-11-14(7-4-2)16(15(12)13)20(17,18)19;/h5,8-11H,3-4,6-7H2,1-2H3,(H,17,18,19);/q;+1/p-1. The van der Waals surface area contributed by atoms with Gasteiger partial charge in [-0.1, -0.05) is 57.0 Å². The average Bonchev–Trinajstić information content (AvgIpc) is 2.38. The first-order valence-corrected chi connectivity index (χ1v) is 8.39. The van der Waals surface area contributed by atoms with E-state index in [1.165, 1.54) is 0 Å². The Morgan fingerprint density at radius 1 is 0.952 bits per heavy atom. The molecule has 21 heavy (non-hydrogen) atoms. The van der Waals surface area contributed by atoms with Gasteiger partial charge in [-0.15, -0.1) is 0 Å². The van der Waals surface area contributed by atoms with E-state index >= 15 is 0 Å². The summed E-state index contributed by atoms with van der Waals surface area (Å²) in [5.41, 5.74) is 1.58. The molecule has 0 amide bonds. The first-order chi connectivity index (χ1) is 9.49. The SMILES string of the molecule is CCCc1ccc2cccc(CCC)c2c1S(=O)(=O)[O-].[K+]. The minimum Gasteiger partial charge on any atom is -0.744 e. The van der Waals surface area contributed by atoms with Crippen LogP contribution < -0.4 is 51.4 Å². The molecule has 0 aliphatic rings. The number of fused-ring (bicyclic) bond motifs is 1. The van der Waals surface area contributed by atoms with E-state index in [0.717, 1.165) is 30.2 Å². The van der Waals surface area contributed by atoms with Crippen molar-refractivity contribution in [1.29, 1.82) is 0 Å². The van der Waals surface area contributed by atoms with Gasteiger partial charge in [-0.25, -0.2) is 8.42 Å². The first kappa shape index (κ1) is 19.3. The first-order valence-electron chi connectivity index (χ1n) is 6.98. The molecule has 2 rings (SSSR count). The van der Waals surface area contributed by atoms with Crippen LogP contribution in [0.15, 0.2) is 35.2 Å². The van der Waals surface area contributed by atoms with Crippen LogP contribution in [0.25, 0.3) is 10.8 Å². The number of benzene rings is 2. The molecule has 108 valence electrons. The third-order valence-corrected chi connectivity index (χ3v) is 4.42. The Labute approximate surface area is 169 Å². The summed E-state index contributed by atoms with van der Waals surface area (Å²) < 4.78 is 35.2. The summed E-state index contributed by atoms with van der Waals surface area (Å²) in [6.45, 7) is 4.02. The van der Waals surface area contributed by atoms with E-state index in [-0.39, 0.29) is 56.3 Å². The third kappa shape index (κ3) is 4.38. The van der Waals surface area contributed by atoms with E-state index in [1.807, 2.05) is 38.1 Å². The van der Waals surface area contributed by atoms with Gasteiger partial charge in [0.2, 0.25) is 0 Å². The molecule has 3 nitrogen and oxygen atoms in total. The van der Waals surface area contributed by atoms with Crippen LogP contribution >= 0.6 is 0 Å². The Kier molecular flexibility index (Phi) is 7.53. The summed E-state index contributed by atoms with van der Waals surface area (Å²) in [5.74, 6) is 0. The van der Waals surface area contributed by atoms with Crippen molar-refractivity contribution in [2.24, 2.45) is 0 Å². The zero-order chi connectivity index (χ0) is 14.8. The second kappa shape index (κ2) is 8.20. The normalized spacial score (nSPS) is 11.4. The fourth-order valence-corrected chi connectivity index (χ4v) is 3.68. The van der Waals surface area contributed by atoms with E-state index in [1.54, 1.807) is 6.07 Å². The molecule has 5 heteroatoms. The number of hydrogen-bond donors (Lipinski definition) is 0. The van der Waals surface area contributed by atoms with Crippen LogP contribution in [0.5, 0.6) is 0 Å². The molecule has 2 aromatic rings. The van der Waals surface area contributed by atoms with Crippen molar-refractivity contribution >= 4 is 20.9 Å². The molecule has 0 bridgehead atoms. The molecule has 0 radical (unpaired) electrons. The van der Waals surface area contributed by atoms with Crippen LogP contribution in [0, 0.1) is 0 Å². The fraction of sp³-hybridized carbons (Fsp3) is 0.375. The van der Waals surface area contributed by atoms with Crippen LogP contribution in [0.3, 0.4) is 0 Å². The molecule has 2 aromatic carbocycles. The smallest absolute Gasteiger partial charge is 0.744 e. The Bertz CT molecular complexity index is 724. The van der Waals surface area contributed by atoms with Crippen molar-refractivity contribution in [3.8, 4) is 0 Å². The molecule has 0 heterocycles. The molecule has 0 unspecified atom stereocenters. The van der Waals surface area contributed by atoms with Gasteiger partial charge in [-0.2, -0.15) is 0 Å². The predicted octanol–water partition coefficient (Wildman–Crippen LogP) is 0.653. The van der Waals surface area contributed by atoms with Crippen LogP contribution in [0.4, 0.5) is 0 Å². The number of aryl methyl sites for hydroxylation is 2. The summed E-state index contributed by atoms with van der Waals surface area (Å²) in [4.78, 5) is -0.0131. The third-order valence-electron chi connectivity index (χ3n) is 3.45. The molecule has 0 N–H and O–H groups in total. The van der Waals surface area contributed by atoms with Crippen molar-refractivity contribution in [2.75, 3.05) is 0 Å². The summed E-state index contributed by atoms with van der Waals surface area (Å²) in [7, 11) is -4.47. The van der Waals surface area contributed by atoms with Gasteiger partial charge in [-0.3, -0.25) is 0 Å². The number of rotatable bonds is 5.